The molecule has 0 fully saturated rings. The molecule has 0 aliphatic carbocycles. The number of hydrogen-bond donors (Lipinski definition) is 2. The number of hydrogen-bond acceptors (Lipinski definition) is 5. The molecule has 0 saturated heterocycles. The minimum Gasteiger partial charge on any atom is -0.281 e. The van der Waals surface area contributed by atoms with Crippen LogP contribution in [0.15, 0.2) is 28.0 Å². The Labute approximate surface area is 147 Å². The van der Waals surface area contributed by atoms with Crippen LogP contribution in [0, 0.1) is 13.8 Å². The first-order chi connectivity index (χ1) is 11.7. The number of benzene rings is 1. The summed E-state index contributed by atoms with van der Waals surface area (Å²) in [6.45, 7) is 3.79. The highest BCUT2D eigenvalue weighted by Crippen LogP contribution is 2.28. The molecule has 0 atom stereocenters. The van der Waals surface area contributed by atoms with E-state index in [4.69, 9.17) is 0 Å². The zero-order valence-electron chi connectivity index (χ0n) is 14.2. The van der Waals surface area contributed by atoms with E-state index in [0.717, 1.165) is 5.56 Å². The molecule has 0 amide bonds. The van der Waals surface area contributed by atoms with Gasteiger partial charge in [0.2, 0.25) is 20.0 Å². The molecule has 25 heavy (non-hydrogen) atoms. The average molecular weight is 384 g/mol. The topological polar surface area (TPSA) is 112 Å². The molecule has 3 rings (SSSR count). The Hall–Kier alpha value is -1.75. The van der Waals surface area contributed by atoms with Gasteiger partial charge in [0.1, 0.15) is 4.90 Å². The maximum absolute atomic E-state index is 13.0. The van der Waals surface area contributed by atoms with Crippen LogP contribution in [-0.4, -0.2) is 44.9 Å². The second kappa shape index (κ2) is 6.20. The van der Waals surface area contributed by atoms with Crippen molar-refractivity contribution in [1.82, 2.24) is 19.2 Å². The van der Waals surface area contributed by atoms with Crippen molar-refractivity contribution in [1.29, 1.82) is 0 Å². The van der Waals surface area contributed by atoms with E-state index in [-0.39, 0.29) is 16.3 Å². The number of nitrogens with one attached hydrogen (secondary N) is 2. The summed E-state index contributed by atoms with van der Waals surface area (Å²) in [5.41, 5.74) is 2.58. The van der Waals surface area contributed by atoms with Crippen LogP contribution in [0.1, 0.15) is 22.5 Å². The van der Waals surface area contributed by atoms with Crippen LogP contribution in [0.4, 0.5) is 0 Å². The normalized spacial score (nSPS) is 16.0. The number of sulfonamides is 2. The maximum atomic E-state index is 13.0. The van der Waals surface area contributed by atoms with E-state index in [2.05, 4.69) is 14.9 Å². The number of nitrogens with zero attached hydrogens (tertiary/aromatic N) is 2. The highest BCUT2D eigenvalue weighted by molar-refractivity contribution is 7.89. The lowest BCUT2D eigenvalue weighted by Gasteiger charge is -2.28. The summed E-state index contributed by atoms with van der Waals surface area (Å²) < 4.78 is 53.6. The zero-order chi connectivity index (χ0) is 18.4. The Morgan fingerprint density at radius 3 is 2.48 bits per heavy atom. The Bertz CT molecular complexity index is 1010. The van der Waals surface area contributed by atoms with Crippen molar-refractivity contribution < 1.29 is 16.8 Å². The van der Waals surface area contributed by atoms with E-state index < -0.39 is 20.0 Å². The summed E-state index contributed by atoms with van der Waals surface area (Å²) in [5.74, 6) is 0. The van der Waals surface area contributed by atoms with E-state index in [1.807, 2.05) is 0 Å². The smallest absolute Gasteiger partial charge is 0.247 e. The summed E-state index contributed by atoms with van der Waals surface area (Å²) in [5, 5.41) is 6.66. The molecule has 0 unspecified atom stereocenters. The lowest BCUT2D eigenvalue weighted by Crippen LogP contribution is -2.36. The molecule has 0 bridgehead atoms. The standard InChI is InChI=1S/C15H20N4O4S2/c1-10-15(11(2)18-17-10)25(22,23)19-7-6-12-4-5-14(8-13(12)9-19)24(20,21)16-3/h4-5,8,16H,6-7,9H2,1-3H3,(H,17,18). The molecule has 8 nitrogen and oxygen atoms in total. The van der Waals surface area contributed by atoms with Crippen LogP contribution >= 0.6 is 0 Å². The molecule has 1 aromatic heterocycles. The van der Waals surface area contributed by atoms with Gasteiger partial charge in [-0.3, -0.25) is 5.10 Å². The third-order valence-electron chi connectivity index (χ3n) is 4.39. The number of H-pyrrole nitrogens is 1. The summed E-state index contributed by atoms with van der Waals surface area (Å²) in [4.78, 5) is 0.318. The Kier molecular flexibility index (Phi) is 4.48. The van der Waals surface area contributed by atoms with Crippen molar-refractivity contribution in [3.05, 3.63) is 40.7 Å². The molecule has 1 aliphatic heterocycles. The van der Waals surface area contributed by atoms with Gasteiger partial charge in [0.25, 0.3) is 0 Å². The Morgan fingerprint density at radius 2 is 1.88 bits per heavy atom. The number of aromatic nitrogens is 2. The molecule has 10 heteroatoms. The van der Waals surface area contributed by atoms with Gasteiger partial charge in [0.15, 0.2) is 0 Å². The van der Waals surface area contributed by atoms with E-state index in [1.165, 1.54) is 17.4 Å². The first-order valence-corrected chi connectivity index (χ1v) is 10.7. The van der Waals surface area contributed by atoms with Crippen LogP contribution in [-0.2, 0) is 33.0 Å². The molecule has 0 radical (unpaired) electrons. The zero-order valence-corrected chi connectivity index (χ0v) is 15.8. The summed E-state index contributed by atoms with van der Waals surface area (Å²) in [6.07, 6.45) is 0.532. The van der Waals surface area contributed by atoms with E-state index in [1.54, 1.807) is 26.0 Å². The highest BCUT2D eigenvalue weighted by atomic mass is 32.2. The lowest BCUT2D eigenvalue weighted by molar-refractivity contribution is 0.390. The molecule has 2 N–H and O–H groups in total. The number of fused-ring (bicyclic) bond motifs is 1. The third kappa shape index (κ3) is 3.10. The SMILES string of the molecule is CNS(=O)(=O)c1ccc2c(c1)CN(S(=O)(=O)c1c(C)n[nH]c1C)CC2. The third-order valence-corrected chi connectivity index (χ3v) is 7.91. The monoisotopic (exact) mass is 384 g/mol. The molecule has 0 saturated carbocycles. The summed E-state index contributed by atoms with van der Waals surface area (Å²) in [7, 11) is -5.93. The van der Waals surface area contributed by atoms with Gasteiger partial charge in [0, 0.05) is 13.1 Å². The fraction of sp³-hybridized carbons (Fsp3) is 0.400. The van der Waals surface area contributed by atoms with Gasteiger partial charge in [-0.25, -0.2) is 21.6 Å². The van der Waals surface area contributed by atoms with Crippen LogP contribution in [0.25, 0.3) is 0 Å². The van der Waals surface area contributed by atoms with Crippen molar-refractivity contribution in [3.8, 4) is 0 Å². The second-order valence-corrected chi connectivity index (χ2v) is 9.75. The fourth-order valence-corrected chi connectivity index (χ4v) is 5.58. The quantitative estimate of drug-likeness (QED) is 0.805. The van der Waals surface area contributed by atoms with Gasteiger partial charge >= 0.3 is 0 Å². The van der Waals surface area contributed by atoms with Crippen LogP contribution in [0.3, 0.4) is 0 Å². The van der Waals surface area contributed by atoms with E-state index in [9.17, 15) is 16.8 Å². The van der Waals surface area contributed by atoms with Gasteiger partial charge in [-0.15, -0.1) is 0 Å². The first-order valence-electron chi connectivity index (χ1n) is 7.74. The second-order valence-electron chi connectivity index (χ2n) is 5.99. The Balaban J connectivity index is 1.99. The molecule has 136 valence electrons. The predicted octanol–water partition coefficient (Wildman–Crippen LogP) is 0.682. The van der Waals surface area contributed by atoms with Gasteiger partial charge in [-0.2, -0.15) is 9.40 Å². The van der Waals surface area contributed by atoms with Crippen molar-refractivity contribution >= 4 is 20.0 Å². The van der Waals surface area contributed by atoms with Crippen LogP contribution in [0.5, 0.6) is 0 Å². The van der Waals surface area contributed by atoms with Gasteiger partial charge < -0.3 is 0 Å². The largest absolute Gasteiger partial charge is 0.281 e. The lowest BCUT2D eigenvalue weighted by atomic mass is 10.0. The highest BCUT2D eigenvalue weighted by Gasteiger charge is 2.32. The number of rotatable bonds is 4. The number of aryl methyl sites for hydroxylation is 2. The van der Waals surface area contributed by atoms with Crippen LogP contribution < -0.4 is 4.72 Å². The minimum atomic E-state index is -3.70. The van der Waals surface area contributed by atoms with Crippen molar-refractivity contribution in [2.45, 2.75) is 36.6 Å². The molecular weight excluding hydrogens is 364 g/mol. The van der Waals surface area contributed by atoms with Crippen molar-refractivity contribution in [2.24, 2.45) is 0 Å². The maximum Gasteiger partial charge on any atom is 0.247 e. The van der Waals surface area contributed by atoms with E-state index >= 15 is 0 Å². The molecule has 2 heterocycles. The van der Waals surface area contributed by atoms with E-state index in [0.29, 0.717) is 29.9 Å². The fourth-order valence-electron chi connectivity index (χ4n) is 3.05. The van der Waals surface area contributed by atoms with Crippen molar-refractivity contribution in [2.75, 3.05) is 13.6 Å². The summed E-state index contributed by atoms with van der Waals surface area (Å²) >= 11 is 0. The van der Waals surface area contributed by atoms with Gasteiger partial charge in [-0.1, -0.05) is 6.07 Å². The summed E-state index contributed by atoms with van der Waals surface area (Å²) in [6, 6.07) is 4.83. The Morgan fingerprint density at radius 1 is 1.16 bits per heavy atom. The van der Waals surface area contributed by atoms with Crippen LogP contribution in [0.2, 0.25) is 0 Å². The predicted molar refractivity (Wildman–Crippen MR) is 92.0 cm³/mol. The minimum absolute atomic E-state index is 0.128. The average Bonchev–Trinajstić information content (AvgIpc) is 2.93. The van der Waals surface area contributed by atoms with Gasteiger partial charge in [0.05, 0.1) is 16.3 Å². The molecule has 1 aromatic carbocycles. The molecule has 2 aromatic rings. The van der Waals surface area contributed by atoms with Gasteiger partial charge in [-0.05, 0) is 50.6 Å². The molecular formula is C15H20N4O4S2. The first kappa shape index (κ1) is 18.1. The number of aromatic amines is 1. The molecule has 0 spiro atoms. The molecule has 1 aliphatic rings. The van der Waals surface area contributed by atoms with Crippen molar-refractivity contribution in [3.63, 3.8) is 0 Å².